The molecule has 0 saturated carbocycles. The Morgan fingerprint density at radius 2 is 2.16 bits per heavy atom. The maximum Gasteiger partial charge on any atom is 0.312 e. The predicted octanol–water partition coefficient (Wildman–Crippen LogP) is 1.63. The van der Waals surface area contributed by atoms with Crippen LogP contribution in [0.5, 0.6) is 0 Å². The van der Waals surface area contributed by atoms with Crippen molar-refractivity contribution in [1.82, 2.24) is 0 Å². The average Bonchev–Trinajstić information content (AvgIpc) is 3.19. The van der Waals surface area contributed by atoms with Gasteiger partial charge in [0.2, 0.25) is 0 Å². The van der Waals surface area contributed by atoms with Gasteiger partial charge in [0.05, 0.1) is 19.1 Å². The SMILES string of the molecule is COC(=O)[C@@]1(C)C[C@H]2C3=C(C(=O)[C@]24CO4)[C@H]1CCC3. The molecule has 1 spiro atoms. The Morgan fingerprint density at radius 1 is 1.42 bits per heavy atom. The van der Waals surface area contributed by atoms with Gasteiger partial charge in [-0.15, -0.1) is 0 Å². The molecule has 1 saturated heterocycles. The lowest BCUT2D eigenvalue weighted by atomic mass is 9.59. The number of methoxy groups -OCH3 is 1. The van der Waals surface area contributed by atoms with Crippen molar-refractivity contribution in [1.29, 1.82) is 0 Å². The summed E-state index contributed by atoms with van der Waals surface area (Å²) in [5.41, 5.74) is 1.08. The highest BCUT2D eigenvalue weighted by Gasteiger charge is 2.71. The molecule has 19 heavy (non-hydrogen) atoms. The predicted molar refractivity (Wildman–Crippen MR) is 66.3 cm³/mol. The first-order valence-corrected chi connectivity index (χ1v) is 7.05. The number of carbonyl (C=O) groups is 2. The van der Waals surface area contributed by atoms with Crippen molar-refractivity contribution in [2.24, 2.45) is 17.3 Å². The molecule has 4 atom stereocenters. The maximum atomic E-state index is 12.6. The zero-order chi connectivity index (χ0) is 13.4. The molecule has 0 unspecified atom stereocenters. The fraction of sp³-hybridized carbons (Fsp3) is 0.733. The van der Waals surface area contributed by atoms with Crippen LogP contribution in [0.15, 0.2) is 11.1 Å². The van der Waals surface area contributed by atoms with E-state index in [0.29, 0.717) is 13.0 Å². The van der Waals surface area contributed by atoms with E-state index in [2.05, 4.69) is 0 Å². The molecule has 1 heterocycles. The summed E-state index contributed by atoms with van der Waals surface area (Å²) in [6.45, 7) is 2.50. The van der Waals surface area contributed by atoms with Crippen LogP contribution >= 0.6 is 0 Å². The van der Waals surface area contributed by atoms with Crippen LogP contribution in [0.25, 0.3) is 0 Å². The van der Waals surface area contributed by atoms with E-state index in [9.17, 15) is 9.59 Å². The van der Waals surface area contributed by atoms with Crippen LogP contribution in [-0.2, 0) is 19.1 Å². The number of hydrogen-bond acceptors (Lipinski definition) is 4. The van der Waals surface area contributed by atoms with Crippen molar-refractivity contribution in [3.8, 4) is 0 Å². The Balaban J connectivity index is 1.87. The quantitative estimate of drug-likeness (QED) is 0.532. The van der Waals surface area contributed by atoms with E-state index >= 15 is 0 Å². The summed E-state index contributed by atoms with van der Waals surface area (Å²) in [4.78, 5) is 24.9. The van der Waals surface area contributed by atoms with E-state index in [1.165, 1.54) is 12.7 Å². The first-order valence-electron chi connectivity index (χ1n) is 7.05. The number of epoxide rings is 1. The van der Waals surface area contributed by atoms with Gasteiger partial charge >= 0.3 is 5.97 Å². The molecule has 1 aliphatic heterocycles. The molecule has 4 bridgehead atoms. The summed E-state index contributed by atoms with van der Waals surface area (Å²) in [5, 5.41) is 0. The van der Waals surface area contributed by atoms with Crippen molar-refractivity contribution in [3.63, 3.8) is 0 Å². The second kappa shape index (κ2) is 3.29. The fourth-order valence-electron chi connectivity index (χ4n) is 4.69. The van der Waals surface area contributed by atoms with Gasteiger partial charge in [-0.2, -0.15) is 0 Å². The van der Waals surface area contributed by atoms with Crippen molar-refractivity contribution in [2.45, 2.75) is 38.2 Å². The van der Waals surface area contributed by atoms with E-state index < -0.39 is 11.0 Å². The Hall–Kier alpha value is -1.16. The summed E-state index contributed by atoms with van der Waals surface area (Å²) >= 11 is 0. The summed E-state index contributed by atoms with van der Waals surface area (Å²) in [5.74, 6) is 0.156. The highest BCUT2D eigenvalue weighted by Crippen LogP contribution is 2.64. The third kappa shape index (κ3) is 1.15. The van der Waals surface area contributed by atoms with Gasteiger partial charge in [0.25, 0.3) is 0 Å². The largest absolute Gasteiger partial charge is 0.469 e. The molecule has 3 aliphatic carbocycles. The van der Waals surface area contributed by atoms with E-state index in [4.69, 9.17) is 9.47 Å². The summed E-state index contributed by atoms with van der Waals surface area (Å²) in [7, 11) is 1.44. The summed E-state index contributed by atoms with van der Waals surface area (Å²) in [6, 6.07) is 0. The minimum absolute atomic E-state index is 0.0380. The number of carbonyl (C=O) groups excluding carboxylic acids is 2. The molecule has 0 aromatic carbocycles. The number of esters is 1. The van der Waals surface area contributed by atoms with Gasteiger partial charge in [-0.1, -0.05) is 5.57 Å². The van der Waals surface area contributed by atoms with Gasteiger partial charge in [0.15, 0.2) is 11.4 Å². The monoisotopic (exact) mass is 262 g/mol. The maximum absolute atomic E-state index is 12.6. The van der Waals surface area contributed by atoms with Gasteiger partial charge in [-0.25, -0.2) is 0 Å². The molecule has 0 N–H and O–H groups in total. The Kier molecular flexibility index (Phi) is 2.02. The molecule has 102 valence electrons. The highest BCUT2D eigenvalue weighted by atomic mass is 16.6. The van der Waals surface area contributed by atoms with Crippen LogP contribution in [0.4, 0.5) is 0 Å². The molecule has 4 aliphatic rings. The van der Waals surface area contributed by atoms with E-state index in [1.54, 1.807) is 0 Å². The minimum atomic E-state index is -0.584. The molecule has 4 rings (SSSR count). The fourth-order valence-corrected chi connectivity index (χ4v) is 4.69. The number of ketones is 1. The zero-order valence-corrected chi connectivity index (χ0v) is 11.3. The molecular formula is C15H18O4. The molecule has 1 fully saturated rings. The molecular weight excluding hydrogens is 244 g/mol. The number of ether oxygens (including phenoxy) is 2. The Labute approximate surface area is 112 Å². The summed E-state index contributed by atoms with van der Waals surface area (Å²) < 4.78 is 10.6. The van der Waals surface area contributed by atoms with E-state index in [1.807, 2.05) is 6.92 Å². The minimum Gasteiger partial charge on any atom is -0.469 e. The first-order chi connectivity index (χ1) is 9.04. The first kappa shape index (κ1) is 11.6. The van der Waals surface area contributed by atoms with Gasteiger partial charge in [0.1, 0.15) is 0 Å². The lowest BCUT2D eigenvalue weighted by Crippen LogP contribution is -2.43. The zero-order valence-electron chi connectivity index (χ0n) is 11.3. The molecule has 0 aromatic heterocycles. The third-order valence-electron chi connectivity index (χ3n) is 5.75. The number of rotatable bonds is 1. The topological polar surface area (TPSA) is 55.9 Å². The highest BCUT2D eigenvalue weighted by molar-refractivity contribution is 6.09. The van der Waals surface area contributed by atoms with Gasteiger partial charge in [0, 0.05) is 17.4 Å². The summed E-state index contributed by atoms with van der Waals surface area (Å²) in [6.07, 6.45) is 3.69. The number of Topliss-reactive ketones (excluding diaryl/α,β-unsaturated/α-hetero) is 1. The molecule has 0 radical (unpaired) electrons. The Bertz CT molecular complexity index is 528. The van der Waals surface area contributed by atoms with E-state index in [0.717, 1.165) is 24.8 Å². The molecule has 0 aromatic rings. The number of fused-ring (bicyclic) bond motifs is 1. The van der Waals surface area contributed by atoms with Crippen molar-refractivity contribution in [3.05, 3.63) is 11.1 Å². The van der Waals surface area contributed by atoms with Crippen molar-refractivity contribution in [2.75, 3.05) is 13.7 Å². The normalized spacial score (nSPS) is 46.7. The van der Waals surface area contributed by atoms with Crippen molar-refractivity contribution < 1.29 is 19.1 Å². The molecule has 4 nitrogen and oxygen atoms in total. The van der Waals surface area contributed by atoms with Gasteiger partial charge < -0.3 is 9.47 Å². The van der Waals surface area contributed by atoms with Crippen LogP contribution in [0.3, 0.4) is 0 Å². The Morgan fingerprint density at radius 3 is 2.79 bits per heavy atom. The second-order valence-electron chi connectivity index (χ2n) is 6.56. The van der Waals surface area contributed by atoms with Crippen LogP contribution in [0.2, 0.25) is 0 Å². The molecule has 4 heteroatoms. The number of hydrogen-bond donors (Lipinski definition) is 0. The van der Waals surface area contributed by atoms with Gasteiger partial charge in [-0.3, -0.25) is 9.59 Å². The standard InChI is InChI=1S/C15H18O4/c1-14(13(17)18-2)6-10-8-4-3-5-9(14)11(8)12(16)15(10)7-19-15/h9-10H,3-7H2,1-2H3/t9-,10+,14+,15+/m1/s1. The lowest BCUT2D eigenvalue weighted by molar-refractivity contribution is -0.156. The van der Waals surface area contributed by atoms with Crippen LogP contribution in [0.1, 0.15) is 32.6 Å². The van der Waals surface area contributed by atoms with Crippen LogP contribution < -0.4 is 0 Å². The van der Waals surface area contributed by atoms with Crippen LogP contribution in [-0.4, -0.2) is 31.1 Å². The van der Waals surface area contributed by atoms with Crippen molar-refractivity contribution >= 4 is 11.8 Å². The second-order valence-corrected chi connectivity index (χ2v) is 6.56. The van der Waals surface area contributed by atoms with E-state index in [-0.39, 0.29) is 23.6 Å². The average molecular weight is 262 g/mol. The van der Waals surface area contributed by atoms with Crippen LogP contribution in [0, 0.1) is 17.3 Å². The lowest BCUT2D eigenvalue weighted by Gasteiger charge is -2.43. The third-order valence-corrected chi connectivity index (χ3v) is 5.75. The van der Waals surface area contributed by atoms with Gasteiger partial charge in [-0.05, 0) is 32.6 Å². The molecule has 0 amide bonds. The smallest absolute Gasteiger partial charge is 0.312 e.